The molecule has 0 saturated heterocycles. The Morgan fingerprint density at radius 2 is 1.38 bits per heavy atom. The summed E-state index contributed by atoms with van der Waals surface area (Å²) in [5, 5.41) is 1.40. The average Bonchev–Trinajstić information content (AvgIpc) is 2.52. The maximum Gasteiger partial charge on any atom is 0.296 e. The lowest BCUT2D eigenvalue weighted by Gasteiger charge is -2.23. The predicted octanol–water partition coefficient (Wildman–Crippen LogP) is 4.01. The molecule has 0 fully saturated rings. The maximum absolute atomic E-state index is 12.2. The van der Waals surface area contributed by atoms with Crippen LogP contribution in [0.25, 0.3) is 0 Å². The van der Waals surface area contributed by atoms with E-state index in [0.717, 1.165) is 18.0 Å². The zero-order chi connectivity index (χ0) is 17.8. The van der Waals surface area contributed by atoms with Crippen LogP contribution in [0.5, 0.6) is 0 Å². The number of hydrogen-bond acceptors (Lipinski definition) is 3. The lowest BCUT2D eigenvalue weighted by atomic mass is 10.2. The Hall–Kier alpha value is -1.43. The Morgan fingerprint density at radius 1 is 0.875 bits per heavy atom. The van der Waals surface area contributed by atoms with Gasteiger partial charge in [-0.25, -0.2) is 0 Å². The van der Waals surface area contributed by atoms with Gasteiger partial charge in [0.1, 0.15) is 0 Å². The molecule has 0 unspecified atom stereocenters. The number of aryl methyl sites for hydroxylation is 2. The monoisotopic (exact) mass is 362 g/mol. The molecule has 0 heterocycles. The van der Waals surface area contributed by atoms with E-state index in [4.69, 9.17) is 4.18 Å². The van der Waals surface area contributed by atoms with E-state index < -0.39 is 18.2 Å². The van der Waals surface area contributed by atoms with E-state index in [1.807, 2.05) is 6.92 Å². The van der Waals surface area contributed by atoms with E-state index in [1.54, 1.807) is 24.3 Å². The number of hydrogen-bond donors (Lipinski definition) is 0. The lowest BCUT2D eigenvalue weighted by molar-refractivity contribution is 0.317. The van der Waals surface area contributed by atoms with Gasteiger partial charge in [0.25, 0.3) is 10.1 Å². The van der Waals surface area contributed by atoms with Crippen molar-refractivity contribution in [3.63, 3.8) is 0 Å². The zero-order valence-corrected chi connectivity index (χ0v) is 16.7. The minimum absolute atomic E-state index is 0.225. The smallest absolute Gasteiger partial charge is 0.266 e. The summed E-state index contributed by atoms with van der Waals surface area (Å²) in [5.74, 6) is 0. The highest BCUT2D eigenvalue weighted by atomic mass is 32.2. The van der Waals surface area contributed by atoms with Gasteiger partial charge in [-0.2, -0.15) is 8.42 Å². The van der Waals surface area contributed by atoms with E-state index >= 15 is 0 Å². The zero-order valence-electron chi connectivity index (χ0n) is 14.9. The third-order valence-corrected chi connectivity index (χ3v) is 9.15. The van der Waals surface area contributed by atoms with Gasteiger partial charge in [0.2, 0.25) is 0 Å². The summed E-state index contributed by atoms with van der Waals surface area (Å²) in [6, 6.07) is 16.4. The highest BCUT2D eigenvalue weighted by Gasteiger charge is 2.23. The molecule has 0 atom stereocenters. The SMILES string of the molecule is Cc1ccc([Si](C)(C)CCCOS(=O)(=O)c2ccc(C)cc2)cc1. The highest BCUT2D eigenvalue weighted by Crippen LogP contribution is 2.16. The fourth-order valence-electron chi connectivity index (χ4n) is 2.60. The van der Waals surface area contributed by atoms with Crippen LogP contribution < -0.4 is 5.19 Å². The van der Waals surface area contributed by atoms with Crippen LogP contribution in [0.1, 0.15) is 17.5 Å². The summed E-state index contributed by atoms with van der Waals surface area (Å²) in [6.07, 6.45) is 0.748. The molecule has 24 heavy (non-hydrogen) atoms. The predicted molar refractivity (Wildman–Crippen MR) is 102 cm³/mol. The second kappa shape index (κ2) is 7.63. The fraction of sp³-hybridized carbons (Fsp3) is 0.368. The molecule has 0 N–H and O–H groups in total. The molecular weight excluding hydrogens is 336 g/mol. The van der Waals surface area contributed by atoms with E-state index in [1.165, 1.54) is 10.8 Å². The molecule has 0 aliphatic carbocycles. The van der Waals surface area contributed by atoms with Gasteiger partial charge in [-0.05, 0) is 32.4 Å². The first-order valence-electron chi connectivity index (χ1n) is 8.24. The van der Waals surface area contributed by atoms with Crippen molar-refractivity contribution in [2.24, 2.45) is 0 Å². The minimum atomic E-state index is -3.65. The topological polar surface area (TPSA) is 43.4 Å². The van der Waals surface area contributed by atoms with Crippen LogP contribution in [0.4, 0.5) is 0 Å². The number of rotatable bonds is 7. The van der Waals surface area contributed by atoms with Gasteiger partial charge in [-0.1, -0.05) is 71.8 Å². The van der Waals surface area contributed by atoms with Crippen molar-refractivity contribution >= 4 is 23.4 Å². The molecule has 2 aromatic rings. The average molecular weight is 363 g/mol. The molecule has 0 amide bonds. The third kappa shape index (κ3) is 5.03. The van der Waals surface area contributed by atoms with Gasteiger partial charge in [0.05, 0.1) is 19.6 Å². The first-order chi connectivity index (χ1) is 11.2. The molecule has 0 bridgehead atoms. The van der Waals surface area contributed by atoms with E-state index in [9.17, 15) is 8.42 Å². The molecule has 0 saturated carbocycles. The molecule has 5 heteroatoms. The van der Waals surface area contributed by atoms with Gasteiger partial charge in [-0.3, -0.25) is 4.18 Å². The minimum Gasteiger partial charge on any atom is -0.266 e. The first-order valence-corrected chi connectivity index (χ1v) is 12.9. The van der Waals surface area contributed by atoms with Gasteiger partial charge < -0.3 is 0 Å². The molecule has 0 spiro atoms. The normalized spacial score (nSPS) is 12.3. The van der Waals surface area contributed by atoms with Crippen molar-refractivity contribution in [3.8, 4) is 0 Å². The van der Waals surface area contributed by atoms with Crippen LogP contribution in [-0.2, 0) is 14.3 Å². The molecule has 0 radical (unpaired) electrons. The maximum atomic E-state index is 12.2. The van der Waals surface area contributed by atoms with Crippen LogP contribution in [0, 0.1) is 13.8 Å². The second-order valence-corrected chi connectivity index (χ2v) is 13.4. The van der Waals surface area contributed by atoms with Crippen LogP contribution in [0.2, 0.25) is 19.1 Å². The van der Waals surface area contributed by atoms with Gasteiger partial charge in [0, 0.05) is 0 Å². The standard InChI is InChI=1S/C19H26O3SSi/c1-16-6-10-18(11-7-16)23(20,21)22-14-5-15-24(3,4)19-12-8-17(2)9-13-19/h6-13H,5,14-15H2,1-4H3. The van der Waals surface area contributed by atoms with Crippen molar-refractivity contribution in [3.05, 3.63) is 59.7 Å². The van der Waals surface area contributed by atoms with Crippen molar-refractivity contribution in [1.82, 2.24) is 0 Å². The molecule has 0 aliphatic heterocycles. The molecule has 130 valence electrons. The van der Waals surface area contributed by atoms with Gasteiger partial charge >= 0.3 is 0 Å². The highest BCUT2D eigenvalue weighted by molar-refractivity contribution is 7.86. The van der Waals surface area contributed by atoms with Gasteiger partial charge in [0.15, 0.2) is 0 Å². The summed E-state index contributed by atoms with van der Waals surface area (Å²) >= 11 is 0. The number of benzene rings is 2. The van der Waals surface area contributed by atoms with Crippen molar-refractivity contribution in [2.45, 2.75) is 44.3 Å². The van der Waals surface area contributed by atoms with Crippen LogP contribution in [0.15, 0.2) is 53.4 Å². The summed E-state index contributed by atoms with van der Waals surface area (Å²) in [7, 11) is -5.21. The summed E-state index contributed by atoms with van der Waals surface area (Å²) in [6.45, 7) is 8.87. The Morgan fingerprint density at radius 3 is 1.92 bits per heavy atom. The lowest BCUT2D eigenvalue weighted by Crippen LogP contribution is -2.41. The van der Waals surface area contributed by atoms with Gasteiger partial charge in [-0.15, -0.1) is 0 Å². The van der Waals surface area contributed by atoms with E-state index in [-0.39, 0.29) is 11.5 Å². The van der Waals surface area contributed by atoms with E-state index in [2.05, 4.69) is 44.3 Å². The van der Waals surface area contributed by atoms with E-state index in [0.29, 0.717) is 0 Å². The summed E-state index contributed by atoms with van der Waals surface area (Å²) in [5.41, 5.74) is 2.29. The summed E-state index contributed by atoms with van der Waals surface area (Å²) < 4.78 is 29.5. The van der Waals surface area contributed by atoms with Crippen LogP contribution in [-0.4, -0.2) is 23.1 Å². The quantitative estimate of drug-likeness (QED) is 0.424. The van der Waals surface area contributed by atoms with Crippen molar-refractivity contribution < 1.29 is 12.6 Å². The molecular formula is C19H26O3SSi. The van der Waals surface area contributed by atoms with Crippen molar-refractivity contribution in [2.75, 3.05) is 6.61 Å². The molecule has 0 aromatic heterocycles. The molecule has 2 rings (SSSR count). The van der Waals surface area contributed by atoms with Crippen LogP contribution >= 0.6 is 0 Å². The second-order valence-electron chi connectivity index (χ2n) is 6.94. The van der Waals surface area contributed by atoms with Crippen molar-refractivity contribution in [1.29, 1.82) is 0 Å². The largest absolute Gasteiger partial charge is 0.296 e. The molecule has 3 nitrogen and oxygen atoms in total. The third-order valence-electron chi connectivity index (χ3n) is 4.33. The Balaban J connectivity index is 1.89. The first kappa shape index (κ1) is 18.9. The molecule has 2 aromatic carbocycles. The Labute approximate surface area is 146 Å². The van der Waals surface area contributed by atoms with Crippen LogP contribution in [0.3, 0.4) is 0 Å². The fourth-order valence-corrected chi connectivity index (χ4v) is 5.93. The molecule has 0 aliphatic rings. The summed E-state index contributed by atoms with van der Waals surface area (Å²) in [4.78, 5) is 0.225. The Kier molecular flexibility index (Phi) is 6.01. The Bertz CT molecular complexity index is 763.